The zero-order valence-electron chi connectivity index (χ0n) is 9.20. The highest BCUT2D eigenvalue weighted by atomic mass is 16.5. The lowest BCUT2D eigenvalue weighted by molar-refractivity contribution is -0.0154. The Hall–Kier alpha value is -1.70. The summed E-state index contributed by atoms with van der Waals surface area (Å²) >= 11 is 0. The van der Waals surface area contributed by atoms with Gasteiger partial charge in [0.2, 0.25) is 0 Å². The maximum absolute atomic E-state index is 11.3. The van der Waals surface area contributed by atoms with E-state index in [-0.39, 0.29) is 16.9 Å². The number of nitrogens with two attached hydrogens (primary N) is 1. The van der Waals surface area contributed by atoms with Crippen molar-refractivity contribution in [3.05, 3.63) is 23.4 Å². The smallest absolute Gasteiger partial charge is 0.341 e. The predicted octanol–water partition coefficient (Wildman–Crippen LogP) is -1.16. The molecule has 0 aliphatic rings. The Balaban J connectivity index is 3.08. The molecule has 7 heteroatoms. The number of aromatic nitrogens is 1. The van der Waals surface area contributed by atoms with E-state index in [0.29, 0.717) is 0 Å². The van der Waals surface area contributed by atoms with E-state index in [0.717, 1.165) is 0 Å². The van der Waals surface area contributed by atoms with Crippen LogP contribution in [0.4, 0.5) is 5.82 Å². The van der Waals surface area contributed by atoms with Crippen LogP contribution in [-0.2, 0) is 4.74 Å². The van der Waals surface area contributed by atoms with Gasteiger partial charge in [-0.25, -0.2) is 9.78 Å². The number of anilines is 1. The third-order valence-corrected chi connectivity index (χ3v) is 2.24. The molecule has 2 unspecified atom stereocenters. The molecule has 7 nitrogen and oxygen atoms in total. The van der Waals surface area contributed by atoms with Gasteiger partial charge < -0.3 is 25.8 Å². The highest BCUT2D eigenvalue weighted by Crippen LogP contribution is 2.20. The minimum absolute atomic E-state index is 0.00538. The van der Waals surface area contributed by atoms with Crippen LogP contribution in [0.5, 0.6) is 0 Å². The third-order valence-electron chi connectivity index (χ3n) is 2.24. The molecule has 0 saturated heterocycles. The molecule has 0 aliphatic heterocycles. The first-order valence-electron chi connectivity index (χ1n) is 4.82. The molecule has 94 valence electrons. The van der Waals surface area contributed by atoms with Gasteiger partial charge in [-0.2, -0.15) is 0 Å². The predicted molar refractivity (Wildman–Crippen MR) is 58.0 cm³/mol. The molecule has 0 amide bonds. The Morgan fingerprint density at radius 1 is 1.59 bits per heavy atom. The maximum atomic E-state index is 11.3. The first kappa shape index (κ1) is 13.4. The molecule has 0 aromatic carbocycles. The lowest BCUT2D eigenvalue weighted by Gasteiger charge is -2.16. The molecule has 2 atom stereocenters. The molecule has 0 saturated carbocycles. The minimum Gasteiger partial charge on any atom is -0.465 e. The zero-order valence-corrected chi connectivity index (χ0v) is 9.20. The van der Waals surface area contributed by atoms with Gasteiger partial charge in [0.1, 0.15) is 23.6 Å². The number of hydrogen-bond donors (Lipinski definition) is 4. The van der Waals surface area contributed by atoms with Gasteiger partial charge >= 0.3 is 5.97 Å². The summed E-state index contributed by atoms with van der Waals surface area (Å²) in [6, 6.07) is 1.26. The number of carbonyl (C=O) groups is 1. The van der Waals surface area contributed by atoms with E-state index < -0.39 is 24.8 Å². The molecular weight excluding hydrogens is 228 g/mol. The molecule has 0 aliphatic carbocycles. The molecule has 0 bridgehead atoms. The van der Waals surface area contributed by atoms with Crippen LogP contribution in [0, 0.1) is 0 Å². The van der Waals surface area contributed by atoms with Crippen LogP contribution in [-0.4, -0.2) is 46.1 Å². The van der Waals surface area contributed by atoms with Crippen molar-refractivity contribution in [3.63, 3.8) is 0 Å². The SMILES string of the molecule is COC(=O)c1cc(C(O)C(O)CO)cnc1N. The second-order valence-corrected chi connectivity index (χ2v) is 3.39. The summed E-state index contributed by atoms with van der Waals surface area (Å²) in [4.78, 5) is 15.0. The number of pyridine rings is 1. The number of hydrogen-bond acceptors (Lipinski definition) is 7. The Labute approximate surface area is 97.5 Å². The number of methoxy groups -OCH3 is 1. The summed E-state index contributed by atoms with van der Waals surface area (Å²) in [5.41, 5.74) is 5.63. The molecule has 1 aromatic heterocycles. The summed E-state index contributed by atoms with van der Waals surface area (Å²) in [6.07, 6.45) is -1.49. The summed E-state index contributed by atoms with van der Waals surface area (Å²) < 4.78 is 4.49. The van der Waals surface area contributed by atoms with Crippen LogP contribution in [0.25, 0.3) is 0 Å². The van der Waals surface area contributed by atoms with E-state index in [4.69, 9.17) is 10.8 Å². The van der Waals surface area contributed by atoms with Gasteiger partial charge in [0.15, 0.2) is 0 Å². The highest BCUT2D eigenvalue weighted by molar-refractivity contribution is 5.94. The van der Waals surface area contributed by atoms with Crippen molar-refractivity contribution in [1.82, 2.24) is 4.98 Å². The van der Waals surface area contributed by atoms with Gasteiger partial charge in [0, 0.05) is 11.8 Å². The largest absolute Gasteiger partial charge is 0.465 e. The average molecular weight is 242 g/mol. The van der Waals surface area contributed by atoms with Crippen molar-refractivity contribution < 1.29 is 24.9 Å². The topological polar surface area (TPSA) is 126 Å². The van der Waals surface area contributed by atoms with Gasteiger partial charge in [-0.05, 0) is 6.07 Å². The van der Waals surface area contributed by atoms with Crippen LogP contribution in [0.3, 0.4) is 0 Å². The van der Waals surface area contributed by atoms with E-state index in [1.165, 1.54) is 19.4 Å². The molecule has 1 aromatic rings. The quantitative estimate of drug-likeness (QED) is 0.490. The Morgan fingerprint density at radius 3 is 2.76 bits per heavy atom. The molecule has 0 spiro atoms. The van der Waals surface area contributed by atoms with E-state index in [1.54, 1.807) is 0 Å². The van der Waals surface area contributed by atoms with Gasteiger partial charge in [-0.15, -0.1) is 0 Å². The third kappa shape index (κ3) is 2.90. The molecule has 5 N–H and O–H groups in total. The van der Waals surface area contributed by atoms with Gasteiger partial charge in [0.25, 0.3) is 0 Å². The van der Waals surface area contributed by atoms with Crippen LogP contribution < -0.4 is 5.73 Å². The second-order valence-electron chi connectivity index (χ2n) is 3.39. The monoisotopic (exact) mass is 242 g/mol. The van der Waals surface area contributed by atoms with Crippen LogP contribution in [0.1, 0.15) is 22.0 Å². The minimum atomic E-state index is -1.36. The van der Waals surface area contributed by atoms with Crippen molar-refractivity contribution in [1.29, 1.82) is 0 Å². The van der Waals surface area contributed by atoms with Crippen LogP contribution >= 0.6 is 0 Å². The lowest BCUT2D eigenvalue weighted by atomic mass is 10.0. The molecule has 17 heavy (non-hydrogen) atoms. The number of aliphatic hydroxyl groups excluding tert-OH is 3. The highest BCUT2D eigenvalue weighted by Gasteiger charge is 2.20. The van der Waals surface area contributed by atoms with Crippen LogP contribution in [0.15, 0.2) is 12.3 Å². The van der Waals surface area contributed by atoms with Gasteiger partial charge in [-0.1, -0.05) is 0 Å². The van der Waals surface area contributed by atoms with Crippen molar-refractivity contribution in [3.8, 4) is 0 Å². The maximum Gasteiger partial charge on any atom is 0.341 e. The summed E-state index contributed by atoms with van der Waals surface area (Å²) in [7, 11) is 1.19. The van der Waals surface area contributed by atoms with Crippen molar-refractivity contribution in [2.24, 2.45) is 0 Å². The molecular formula is C10H14N2O5. The summed E-state index contributed by atoms with van der Waals surface area (Å²) in [5, 5.41) is 27.6. The van der Waals surface area contributed by atoms with Crippen LogP contribution in [0.2, 0.25) is 0 Å². The fourth-order valence-electron chi connectivity index (χ4n) is 1.25. The summed E-state index contributed by atoms with van der Waals surface area (Å²) in [5.74, 6) is -0.728. The molecule has 1 heterocycles. The van der Waals surface area contributed by atoms with E-state index in [2.05, 4.69) is 9.72 Å². The normalized spacial score (nSPS) is 14.1. The second kappa shape index (κ2) is 5.58. The first-order chi connectivity index (χ1) is 8.01. The lowest BCUT2D eigenvalue weighted by Crippen LogP contribution is -2.22. The van der Waals surface area contributed by atoms with Crippen molar-refractivity contribution in [2.75, 3.05) is 19.5 Å². The Kier molecular flexibility index (Phi) is 4.38. The van der Waals surface area contributed by atoms with Crippen molar-refractivity contribution in [2.45, 2.75) is 12.2 Å². The molecule has 0 fully saturated rings. The number of carbonyl (C=O) groups excluding carboxylic acids is 1. The number of ether oxygens (including phenoxy) is 1. The number of rotatable bonds is 4. The number of nitrogen functional groups attached to an aromatic ring is 1. The first-order valence-corrected chi connectivity index (χ1v) is 4.82. The molecule has 0 radical (unpaired) electrons. The van der Waals surface area contributed by atoms with E-state index >= 15 is 0 Å². The fourth-order valence-corrected chi connectivity index (χ4v) is 1.25. The Morgan fingerprint density at radius 2 is 2.24 bits per heavy atom. The number of esters is 1. The average Bonchev–Trinajstić information content (AvgIpc) is 2.36. The standard InChI is InChI=1S/C10H14N2O5/c1-17-10(16)6-2-5(3-12-9(6)11)8(15)7(14)4-13/h2-3,7-8,13-15H,4H2,1H3,(H2,11,12). The fraction of sp³-hybridized carbons (Fsp3) is 0.400. The molecule has 1 rings (SSSR count). The number of nitrogens with zero attached hydrogens (tertiary/aromatic N) is 1. The van der Waals surface area contributed by atoms with Crippen molar-refractivity contribution >= 4 is 11.8 Å². The van der Waals surface area contributed by atoms with Gasteiger partial charge in [0.05, 0.1) is 13.7 Å². The summed E-state index contributed by atoms with van der Waals surface area (Å²) in [6.45, 7) is -0.612. The van der Waals surface area contributed by atoms with E-state index in [9.17, 15) is 15.0 Å². The van der Waals surface area contributed by atoms with Gasteiger partial charge in [-0.3, -0.25) is 0 Å². The zero-order chi connectivity index (χ0) is 13.0. The Bertz CT molecular complexity index is 410. The van der Waals surface area contributed by atoms with E-state index in [1.807, 2.05) is 0 Å². The number of aliphatic hydroxyl groups is 3.